The van der Waals surface area contributed by atoms with Gasteiger partial charge in [0, 0.05) is 24.9 Å². The molecule has 0 radical (unpaired) electrons. The molecule has 8 heteroatoms. The van der Waals surface area contributed by atoms with Crippen LogP contribution in [0.5, 0.6) is 0 Å². The van der Waals surface area contributed by atoms with E-state index in [9.17, 15) is 14.4 Å². The molecule has 0 unspecified atom stereocenters. The molecule has 7 nitrogen and oxygen atoms in total. The first kappa shape index (κ1) is 17.0. The van der Waals surface area contributed by atoms with Crippen molar-refractivity contribution in [1.29, 1.82) is 0 Å². The SMILES string of the molecule is O=C(CN1C(=O)SC(=Cc2ccccc2)C1=O)NCCc1cnc[nH]1. The molecule has 1 aromatic heterocycles. The fourth-order valence-electron chi connectivity index (χ4n) is 2.29. The van der Waals surface area contributed by atoms with Crippen molar-refractivity contribution in [3.8, 4) is 0 Å². The minimum atomic E-state index is -0.442. The van der Waals surface area contributed by atoms with Crippen LogP contribution < -0.4 is 5.32 Å². The van der Waals surface area contributed by atoms with Crippen LogP contribution in [-0.4, -0.2) is 45.0 Å². The Kier molecular flexibility index (Phi) is 5.30. The number of hydrogen-bond acceptors (Lipinski definition) is 5. The summed E-state index contributed by atoms with van der Waals surface area (Å²) in [6.45, 7) is 0.122. The summed E-state index contributed by atoms with van der Waals surface area (Å²) in [7, 11) is 0. The zero-order valence-corrected chi connectivity index (χ0v) is 14.1. The number of imidazole rings is 1. The summed E-state index contributed by atoms with van der Waals surface area (Å²) in [5.41, 5.74) is 1.73. The predicted molar refractivity (Wildman–Crippen MR) is 94.4 cm³/mol. The van der Waals surface area contributed by atoms with Gasteiger partial charge >= 0.3 is 0 Å². The third kappa shape index (κ3) is 4.36. The topological polar surface area (TPSA) is 95.2 Å². The van der Waals surface area contributed by atoms with E-state index in [0.717, 1.165) is 27.9 Å². The molecule has 3 amide bonds. The molecule has 3 rings (SSSR count). The number of carbonyl (C=O) groups excluding carboxylic acids is 3. The summed E-state index contributed by atoms with van der Waals surface area (Å²) in [4.78, 5) is 44.4. The number of nitrogens with zero attached hydrogens (tertiary/aromatic N) is 2. The van der Waals surface area contributed by atoms with Crippen molar-refractivity contribution in [3.63, 3.8) is 0 Å². The number of thioether (sulfide) groups is 1. The number of amides is 3. The summed E-state index contributed by atoms with van der Waals surface area (Å²) in [6, 6.07) is 9.26. The maximum absolute atomic E-state index is 12.3. The minimum Gasteiger partial charge on any atom is -0.354 e. The highest BCUT2D eigenvalue weighted by Gasteiger charge is 2.36. The smallest absolute Gasteiger partial charge is 0.294 e. The Hall–Kier alpha value is -2.87. The molecular formula is C17H16N4O3S. The molecule has 0 spiro atoms. The number of carbonyl (C=O) groups is 3. The van der Waals surface area contributed by atoms with Gasteiger partial charge < -0.3 is 10.3 Å². The van der Waals surface area contributed by atoms with Gasteiger partial charge in [-0.2, -0.15) is 0 Å². The number of imide groups is 1. The molecule has 2 heterocycles. The zero-order valence-electron chi connectivity index (χ0n) is 13.3. The zero-order chi connectivity index (χ0) is 17.6. The summed E-state index contributed by atoms with van der Waals surface area (Å²) in [5, 5.41) is 2.26. The summed E-state index contributed by atoms with van der Waals surface area (Å²) in [5.74, 6) is -0.814. The standard InChI is InChI=1S/C17H16N4O3S/c22-15(19-7-6-13-9-18-11-20-13)10-21-16(23)14(25-17(21)24)8-12-4-2-1-3-5-12/h1-5,8-9,11H,6-7,10H2,(H,18,20)(H,19,22). The minimum absolute atomic E-state index is 0.278. The molecule has 2 aromatic rings. The Morgan fingerprint density at radius 2 is 2.08 bits per heavy atom. The number of rotatable bonds is 6. The highest BCUT2D eigenvalue weighted by atomic mass is 32.2. The van der Waals surface area contributed by atoms with Gasteiger partial charge in [-0.1, -0.05) is 30.3 Å². The van der Waals surface area contributed by atoms with Crippen LogP contribution in [0.3, 0.4) is 0 Å². The van der Waals surface area contributed by atoms with E-state index in [1.165, 1.54) is 0 Å². The van der Waals surface area contributed by atoms with Gasteiger partial charge in [0.2, 0.25) is 5.91 Å². The first-order chi connectivity index (χ1) is 12.1. The lowest BCUT2D eigenvalue weighted by atomic mass is 10.2. The Bertz CT molecular complexity index is 803. The monoisotopic (exact) mass is 356 g/mol. The lowest BCUT2D eigenvalue weighted by Crippen LogP contribution is -2.40. The Labute approximate surface area is 148 Å². The van der Waals surface area contributed by atoms with Crippen molar-refractivity contribution in [2.24, 2.45) is 0 Å². The number of aromatic nitrogens is 2. The molecule has 1 aromatic carbocycles. The van der Waals surface area contributed by atoms with Crippen LogP contribution in [0.4, 0.5) is 4.79 Å². The van der Waals surface area contributed by atoms with Crippen molar-refractivity contribution in [3.05, 3.63) is 59.0 Å². The molecule has 0 aliphatic carbocycles. The Morgan fingerprint density at radius 1 is 1.28 bits per heavy atom. The van der Waals surface area contributed by atoms with E-state index in [0.29, 0.717) is 17.9 Å². The number of hydrogen-bond donors (Lipinski definition) is 2. The molecule has 1 fully saturated rings. The Balaban J connectivity index is 1.55. The molecule has 128 valence electrons. The van der Waals surface area contributed by atoms with Crippen molar-refractivity contribution >= 4 is 34.9 Å². The van der Waals surface area contributed by atoms with Crippen LogP contribution in [-0.2, 0) is 16.0 Å². The molecular weight excluding hydrogens is 340 g/mol. The summed E-state index contributed by atoms with van der Waals surface area (Å²) in [6.07, 6.45) is 5.50. The van der Waals surface area contributed by atoms with Gasteiger partial charge in [-0.05, 0) is 23.4 Å². The van der Waals surface area contributed by atoms with Gasteiger partial charge in [-0.15, -0.1) is 0 Å². The third-order valence-corrected chi connectivity index (χ3v) is 4.45. The largest absolute Gasteiger partial charge is 0.354 e. The van der Waals surface area contributed by atoms with E-state index in [4.69, 9.17) is 0 Å². The fourth-order valence-corrected chi connectivity index (χ4v) is 3.13. The molecule has 25 heavy (non-hydrogen) atoms. The van der Waals surface area contributed by atoms with Crippen LogP contribution in [0, 0.1) is 0 Å². The summed E-state index contributed by atoms with van der Waals surface area (Å²) >= 11 is 0.846. The molecule has 1 aliphatic rings. The second-order valence-corrected chi connectivity index (χ2v) is 6.35. The second kappa shape index (κ2) is 7.80. The maximum atomic E-state index is 12.3. The van der Waals surface area contributed by atoms with Gasteiger partial charge in [0.25, 0.3) is 11.1 Å². The fraction of sp³-hybridized carbons (Fsp3) is 0.176. The number of H-pyrrole nitrogens is 1. The van der Waals surface area contributed by atoms with Gasteiger partial charge in [0.05, 0.1) is 11.2 Å². The van der Waals surface area contributed by atoms with Gasteiger partial charge in [-0.3, -0.25) is 19.3 Å². The number of nitrogens with one attached hydrogen (secondary N) is 2. The number of aromatic amines is 1. The second-order valence-electron chi connectivity index (χ2n) is 5.36. The van der Waals surface area contributed by atoms with E-state index < -0.39 is 11.1 Å². The molecule has 2 N–H and O–H groups in total. The average molecular weight is 356 g/mol. The van der Waals surface area contributed by atoms with Crippen molar-refractivity contribution in [1.82, 2.24) is 20.2 Å². The van der Waals surface area contributed by atoms with Crippen LogP contribution in [0.25, 0.3) is 6.08 Å². The third-order valence-electron chi connectivity index (χ3n) is 3.54. The molecule has 0 atom stereocenters. The van der Waals surface area contributed by atoms with Crippen molar-refractivity contribution in [2.45, 2.75) is 6.42 Å². The van der Waals surface area contributed by atoms with Crippen molar-refractivity contribution < 1.29 is 14.4 Å². The quantitative estimate of drug-likeness (QED) is 0.770. The van der Waals surface area contributed by atoms with Crippen LogP contribution in [0.15, 0.2) is 47.8 Å². The Morgan fingerprint density at radius 3 is 2.80 bits per heavy atom. The summed E-state index contributed by atoms with van der Waals surface area (Å²) < 4.78 is 0. The normalized spacial score (nSPS) is 15.8. The molecule has 1 saturated heterocycles. The van der Waals surface area contributed by atoms with Gasteiger partial charge in [0.1, 0.15) is 6.54 Å². The molecule has 0 bridgehead atoms. The number of benzene rings is 1. The van der Waals surface area contributed by atoms with E-state index in [1.54, 1.807) is 18.6 Å². The van der Waals surface area contributed by atoms with E-state index >= 15 is 0 Å². The van der Waals surface area contributed by atoms with Gasteiger partial charge in [-0.25, -0.2) is 4.98 Å². The highest BCUT2D eigenvalue weighted by molar-refractivity contribution is 8.18. The maximum Gasteiger partial charge on any atom is 0.294 e. The van der Waals surface area contributed by atoms with E-state index in [-0.39, 0.29) is 12.5 Å². The first-order valence-electron chi connectivity index (χ1n) is 7.68. The lowest BCUT2D eigenvalue weighted by molar-refractivity contribution is -0.129. The van der Waals surface area contributed by atoms with Gasteiger partial charge in [0.15, 0.2) is 0 Å². The average Bonchev–Trinajstić information content (AvgIpc) is 3.20. The first-order valence-corrected chi connectivity index (χ1v) is 8.49. The van der Waals surface area contributed by atoms with E-state index in [1.807, 2.05) is 30.3 Å². The van der Waals surface area contributed by atoms with Crippen LogP contribution in [0.2, 0.25) is 0 Å². The molecule has 1 aliphatic heterocycles. The van der Waals surface area contributed by atoms with Crippen molar-refractivity contribution in [2.75, 3.05) is 13.1 Å². The van der Waals surface area contributed by atoms with E-state index in [2.05, 4.69) is 15.3 Å². The molecule has 0 saturated carbocycles. The van der Waals surface area contributed by atoms with Crippen LogP contribution in [0.1, 0.15) is 11.3 Å². The highest BCUT2D eigenvalue weighted by Crippen LogP contribution is 2.31. The lowest BCUT2D eigenvalue weighted by Gasteiger charge is -2.12. The van der Waals surface area contributed by atoms with Crippen LogP contribution >= 0.6 is 11.8 Å². The predicted octanol–water partition coefficient (Wildman–Crippen LogP) is 1.80.